The molecule has 1 aromatic carbocycles. The molecule has 5 heteroatoms. The minimum Gasteiger partial charge on any atom is -0.379 e. The SMILES string of the molecule is O=C1NOc2ccccc2C1=Cc1c[nH]c2ncccc12. The molecule has 1 aliphatic heterocycles. The number of hydroxylamine groups is 1. The van der Waals surface area contributed by atoms with E-state index in [1.807, 2.05) is 48.7 Å². The molecule has 3 heterocycles. The summed E-state index contributed by atoms with van der Waals surface area (Å²) in [5.74, 6) is 0.383. The largest absolute Gasteiger partial charge is 0.379 e. The average molecular weight is 277 g/mol. The van der Waals surface area contributed by atoms with Gasteiger partial charge in [-0.2, -0.15) is 5.48 Å². The van der Waals surface area contributed by atoms with Crippen LogP contribution in [-0.4, -0.2) is 15.9 Å². The van der Waals surface area contributed by atoms with Crippen LogP contribution in [0.3, 0.4) is 0 Å². The van der Waals surface area contributed by atoms with Crippen molar-refractivity contribution in [3.63, 3.8) is 0 Å². The Labute approximate surface area is 120 Å². The number of H-pyrrole nitrogens is 1. The number of pyridine rings is 1. The topological polar surface area (TPSA) is 67.0 Å². The van der Waals surface area contributed by atoms with E-state index in [0.29, 0.717) is 11.3 Å². The number of amides is 1. The van der Waals surface area contributed by atoms with Crippen molar-refractivity contribution in [3.05, 3.63) is 59.9 Å². The molecule has 0 bridgehead atoms. The smallest absolute Gasteiger partial charge is 0.284 e. The number of benzene rings is 1. The molecule has 0 atom stereocenters. The van der Waals surface area contributed by atoms with Crippen molar-refractivity contribution in [2.24, 2.45) is 0 Å². The summed E-state index contributed by atoms with van der Waals surface area (Å²) in [5, 5.41) is 0.974. The number of nitrogens with zero attached hydrogens (tertiary/aromatic N) is 1. The van der Waals surface area contributed by atoms with E-state index >= 15 is 0 Å². The summed E-state index contributed by atoms with van der Waals surface area (Å²) in [4.78, 5) is 24.6. The normalized spacial score (nSPS) is 15.6. The first-order valence-electron chi connectivity index (χ1n) is 6.53. The van der Waals surface area contributed by atoms with Crippen molar-refractivity contribution < 1.29 is 9.63 Å². The fourth-order valence-corrected chi connectivity index (χ4v) is 2.45. The number of hydrogen-bond acceptors (Lipinski definition) is 3. The molecule has 0 fully saturated rings. The van der Waals surface area contributed by atoms with E-state index in [1.165, 1.54) is 0 Å². The van der Waals surface area contributed by atoms with Crippen molar-refractivity contribution >= 4 is 28.6 Å². The van der Waals surface area contributed by atoms with Gasteiger partial charge in [-0.25, -0.2) is 4.98 Å². The Morgan fingerprint density at radius 3 is 3.00 bits per heavy atom. The summed E-state index contributed by atoms with van der Waals surface area (Å²) in [5.41, 5.74) is 5.48. The van der Waals surface area contributed by atoms with Crippen LogP contribution in [-0.2, 0) is 4.79 Å². The van der Waals surface area contributed by atoms with Crippen LogP contribution in [0.25, 0.3) is 22.7 Å². The highest BCUT2D eigenvalue weighted by molar-refractivity contribution is 6.26. The lowest BCUT2D eigenvalue weighted by molar-refractivity contribution is -0.122. The van der Waals surface area contributed by atoms with Gasteiger partial charge in [-0.05, 0) is 24.3 Å². The molecule has 5 nitrogen and oxygen atoms in total. The van der Waals surface area contributed by atoms with Gasteiger partial charge in [-0.1, -0.05) is 18.2 Å². The summed E-state index contributed by atoms with van der Waals surface area (Å²) in [6.07, 6.45) is 5.42. The Balaban J connectivity index is 1.91. The van der Waals surface area contributed by atoms with Crippen LogP contribution in [0.2, 0.25) is 0 Å². The lowest BCUT2D eigenvalue weighted by Crippen LogP contribution is -2.32. The fraction of sp³-hybridized carbons (Fsp3) is 0. The molecule has 1 amide bonds. The van der Waals surface area contributed by atoms with Gasteiger partial charge in [0, 0.05) is 28.9 Å². The predicted molar refractivity (Wildman–Crippen MR) is 79.2 cm³/mol. The van der Waals surface area contributed by atoms with Gasteiger partial charge in [-0.15, -0.1) is 0 Å². The Bertz CT molecular complexity index is 880. The number of nitrogens with one attached hydrogen (secondary N) is 2. The number of rotatable bonds is 1. The maximum Gasteiger partial charge on any atom is 0.284 e. The first-order chi connectivity index (χ1) is 10.3. The second-order valence-electron chi connectivity index (χ2n) is 4.73. The van der Waals surface area contributed by atoms with Crippen LogP contribution in [0.15, 0.2) is 48.8 Å². The highest BCUT2D eigenvalue weighted by atomic mass is 16.7. The van der Waals surface area contributed by atoms with E-state index in [9.17, 15) is 4.79 Å². The molecule has 1 aliphatic rings. The van der Waals surface area contributed by atoms with Gasteiger partial charge in [-0.3, -0.25) is 4.79 Å². The Morgan fingerprint density at radius 1 is 1.14 bits per heavy atom. The summed E-state index contributed by atoms with van der Waals surface area (Å²) in [6.45, 7) is 0. The van der Waals surface area contributed by atoms with Crippen LogP contribution in [0.4, 0.5) is 0 Å². The van der Waals surface area contributed by atoms with Gasteiger partial charge in [0.1, 0.15) is 5.65 Å². The van der Waals surface area contributed by atoms with E-state index in [2.05, 4.69) is 15.4 Å². The van der Waals surface area contributed by atoms with Gasteiger partial charge in [0.15, 0.2) is 5.75 Å². The highest BCUT2D eigenvalue weighted by Gasteiger charge is 2.22. The fourth-order valence-electron chi connectivity index (χ4n) is 2.45. The third-order valence-corrected chi connectivity index (χ3v) is 3.46. The molecule has 0 spiro atoms. The van der Waals surface area contributed by atoms with Gasteiger partial charge in [0.25, 0.3) is 5.91 Å². The quantitative estimate of drug-likeness (QED) is 0.672. The maximum atomic E-state index is 12.1. The van der Waals surface area contributed by atoms with Crippen molar-refractivity contribution in [3.8, 4) is 5.75 Å². The van der Waals surface area contributed by atoms with Gasteiger partial charge < -0.3 is 9.82 Å². The zero-order chi connectivity index (χ0) is 14.2. The highest BCUT2D eigenvalue weighted by Crippen LogP contribution is 2.31. The molecule has 21 heavy (non-hydrogen) atoms. The molecule has 2 N–H and O–H groups in total. The zero-order valence-electron chi connectivity index (χ0n) is 11.0. The second kappa shape index (κ2) is 4.49. The first-order valence-corrected chi connectivity index (χ1v) is 6.53. The van der Waals surface area contributed by atoms with Crippen LogP contribution >= 0.6 is 0 Å². The number of aromatic amines is 1. The molecule has 2 aromatic heterocycles. The van der Waals surface area contributed by atoms with Gasteiger partial charge in [0.2, 0.25) is 0 Å². The zero-order valence-corrected chi connectivity index (χ0v) is 11.0. The number of fused-ring (bicyclic) bond motifs is 2. The maximum absolute atomic E-state index is 12.1. The standard InChI is InChI=1S/C16H11N3O2/c20-16-13(12-4-1-2-6-14(12)21-19-16)8-10-9-18-15-11(10)5-3-7-17-15/h1-9H,(H,17,18)(H,19,20). The molecule has 0 unspecified atom stereocenters. The molecule has 3 aromatic rings. The monoisotopic (exact) mass is 277 g/mol. The lowest BCUT2D eigenvalue weighted by Gasteiger charge is -2.19. The minimum absolute atomic E-state index is 0.257. The Kier molecular flexibility index (Phi) is 2.50. The van der Waals surface area contributed by atoms with Crippen LogP contribution in [0, 0.1) is 0 Å². The van der Waals surface area contributed by atoms with Crippen molar-refractivity contribution in [2.45, 2.75) is 0 Å². The number of carbonyl (C=O) groups is 1. The molecular weight excluding hydrogens is 266 g/mol. The lowest BCUT2D eigenvalue weighted by atomic mass is 10.0. The second-order valence-corrected chi connectivity index (χ2v) is 4.73. The van der Waals surface area contributed by atoms with Crippen LogP contribution < -0.4 is 10.3 Å². The number of aromatic nitrogens is 2. The van der Waals surface area contributed by atoms with E-state index in [4.69, 9.17) is 4.84 Å². The Morgan fingerprint density at radius 2 is 2.05 bits per heavy atom. The molecule has 0 saturated heterocycles. The Hall–Kier alpha value is -3.08. The van der Waals surface area contributed by atoms with E-state index in [1.54, 1.807) is 6.20 Å². The first kappa shape index (κ1) is 11.7. The average Bonchev–Trinajstić information content (AvgIpc) is 2.93. The number of para-hydroxylation sites is 1. The number of hydrogen-bond donors (Lipinski definition) is 2. The minimum atomic E-state index is -0.257. The summed E-state index contributed by atoms with van der Waals surface area (Å²) < 4.78 is 0. The van der Waals surface area contributed by atoms with E-state index in [-0.39, 0.29) is 5.91 Å². The molecule has 4 rings (SSSR count). The van der Waals surface area contributed by atoms with Crippen molar-refractivity contribution in [2.75, 3.05) is 0 Å². The van der Waals surface area contributed by atoms with Crippen molar-refractivity contribution in [1.29, 1.82) is 0 Å². The molecule has 0 saturated carbocycles. The third kappa shape index (κ3) is 1.87. The summed E-state index contributed by atoms with van der Waals surface area (Å²) in [6, 6.07) is 11.3. The van der Waals surface area contributed by atoms with Crippen molar-refractivity contribution in [1.82, 2.24) is 15.4 Å². The number of carbonyl (C=O) groups excluding carboxylic acids is 1. The summed E-state index contributed by atoms with van der Waals surface area (Å²) in [7, 11) is 0. The van der Waals surface area contributed by atoms with Gasteiger partial charge >= 0.3 is 0 Å². The molecule has 0 aliphatic carbocycles. The van der Waals surface area contributed by atoms with Crippen LogP contribution in [0.5, 0.6) is 5.75 Å². The molecule has 0 radical (unpaired) electrons. The molecular formula is C16H11N3O2. The predicted octanol–water partition coefficient (Wildman–Crippen LogP) is 2.53. The van der Waals surface area contributed by atoms with Crippen LogP contribution in [0.1, 0.15) is 11.1 Å². The van der Waals surface area contributed by atoms with E-state index < -0.39 is 0 Å². The third-order valence-electron chi connectivity index (χ3n) is 3.46. The molecule has 102 valence electrons. The van der Waals surface area contributed by atoms with E-state index in [0.717, 1.165) is 22.2 Å². The summed E-state index contributed by atoms with van der Waals surface area (Å²) >= 11 is 0. The van der Waals surface area contributed by atoms with Gasteiger partial charge in [0.05, 0.1) is 5.57 Å².